The molecule has 2 rings (SSSR count). The third-order valence-corrected chi connectivity index (χ3v) is 4.78. The number of nitrogens with one attached hydrogen (secondary N) is 2. The van der Waals surface area contributed by atoms with Gasteiger partial charge in [-0.15, -0.1) is 0 Å². The van der Waals surface area contributed by atoms with Gasteiger partial charge in [-0.1, -0.05) is 30.3 Å². The molecule has 0 amide bonds. The zero-order valence-electron chi connectivity index (χ0n) is 18.3. The number of aliphatic hydroxyl groups is 1. The molecule has 2 aromatic rings. The van der Waals surface area contributed by atoms with E-state index in [9.17, 15) is 5.11 Å². The van der Waals surface area contributed by atoms with Gasteiger partial charge in [0.15, 0.2) is 5.96 Å². The fourth-order valence-electron chi connectivity index (χ4n) is 3.16. The highest BCUT2D eigenvalue weighted by molar-refractivity contribution is 5.80. The highest BCUT2D eigenvalue weighted by Gasteiger charge is 2.14. The minimum Gasteiger partial charge on any atom is -0.389 e. The lowest BCUT2D eigenvalue weighted by Crippen LogP contribution is -2.43. The Hall–Kier alpha value is -2.38. The molecule has 0 bridgehead atoms. The van der Waals surface area contributed by atoms with Crippen molar-refractivity contribution in [3.63, 3.8) is 0 Å². The molecule has 29 heavy (non-hydrogen) atoms. The summed E-state index contributed by atoms with van der Waals surface area (Å²) in [6, 6.07) is 10.1. The van der Waals surface area contributed by atoms with E-state index in [1.165, 1.54) is 11.3 Å². The van der Waals surface area contributed by atoms with Crippen molar-refractivity contribution in [2.24, 2.45) is 12.0 Å². The molecule has 7 heteroatoms. The van der Waals surface area contributed by atoms with Gasteiger partial charge >= 0.3 is 0 Å². The molecule has 160 valence electrons. The van der Waals surface area contributed by atoms with Crippen molar-refractivity contribution >= 4 is 5.96 Å². The lowest BCUT2D eigenvalue weighted by molar-refractivity contribution is 0.0331. The minimum absolute atomic E-state index is 0.181. The summed E-state index contributed by atoms with van der Waals surface area (Å²) in [4.78, 5) is 4.51. The first-order valence-electron chi connectivity index (χ1n) is 10.2. The molecular weight excluding hydrogens is 366 g/mol. The fourth-order valence-corrected chi connectivity index (χ4v) is 3.16. The standard InChI is InChI=1S/C22H35N5O2/c1-6-23-22(25-16(2)12-21-17(3)26-27(5)18(21)4)24-13-20(28)15-29-14-19-10-8-7-9-11-19/h7-11,16,20,28H,6,12-15H2,1-5H3,(H2,23,24,25). The molecule has 0 aliphatic carbocycles. The molecule has 0 saturated heterocycles. The molecule has 0 saturated carbocycles. The number of ether oxygens (including phenoxy) is 1. The largest absolute Gasteiger partial charge is 0.389 e. The average molecular weight is 402 g/mol. The summed E-state index contributed by atoms with van der Waals surface area (Å²) in [7, 11) is 1.97. The van der Waals surface area contributed by atoms with Crippen molar-refractivity contribution in [2.45, 2.75) is 52.9 Å². The molecule has 7 nitrogen and oxygen atoms in total. The van der Waals surface area contributed by atoms with E-state index in [2.05, 4.69) is 34.6 Å². The summed E-state index contributed by atoms with van der Waals surface area (Å²) in [5, 5.41) is 21.3. The molecule has 1 aromatic carbocycles. The fraction of sp³-hybridized carbons (Fsp3) is 0.545. The van der Waals surface area contributed by atoms with Crippen LogP contribution in [0.4, 0.5) is 0 Å². The van der Waals surface area contributed by atoms with Crippen LogP contribution in [0.3, 0.4) is 0 Å². The van der Waals surface area contributed by atoms with E-state index in [1.54, 1.807) is 0 Å². The highest BCUT2D eigenvalue weighted by atomic mass is 16.5. The molecule has 3 N–H and O–H groups in total. The Morgan fingerprint density at radius 1 is 1.28 bits per heavy atom. The molecule has 0 aliphatic heterocycles. The van der Waals surface area contributed by atoms with E-state index in [1.807, 2.05) is 55.9 Å². The first kappa shape index (κ1) is 22.9. The van der Waals surface area contributed by atoms with E-state index in [4.69, 9.17) is 4.74 Å². The van der Waals surface area contributed by atoms with Crippen LogP contribution in [-0.2, 0) is 24.8 Å². The second kappa shape index (κ2) is 11.6. The van der Waals surface area contributed by atoms with Crippen molar-refractivity contribution in [1.29, 1.82) is 0 Å². The Bertz CT molecular complexity index is 773. The molecule has 2 atom stereocenters. The average Bonchev–Trinajstić information content (AvgIpc) is 2.93. The number of rotatable bonds is 10. The van der Waals surface area contributed by atoms with Crippen molar-refractivity contribution in [3.05, 3.63) is 52.8 Å². The molecule has 2 unspecified atom stereocenters. The van der Waals surface area contributed by atoms with Crippen LogP contribution in [0.5, 0.6) is 0 Å². The van der Waals surface area contributed by atoms with Gasteiger partial charge in [0.2, 0.25) is 0 Å². The quantitative estimate of drug-likeness (QED) is 0.419. The molecule has 0 aliphatic rings. The zero-order valence-corrected chi connectivity index (χ0v) is 18.3. The first-order chi connectivity index (χ1) is 13.9. The predicted octanol–water partition coefficient (Wildman–Crippen LogP) is 2.10. The number of hydrogen-bond donors (Lipinski definition) is 3. The van der Waals surface area contributed by atoms with Gasteiger partial charge in [-0.2, -0.15) is 5.10 Å². The smallest absolute Gasteiger partial charge is 0.191 e. The third-order valence-electron chi connectivity index (χ3n) is 4.78. The Labute approximate surface area is 174 Å². The van der Waals surface area contributed by atoms with Crippen LogP contribution in [0.2, 0.25) is 0 Å². The molecule has 1 heterocycles. The third kappa shape index (κ3) is 7.51. The first-order valence-corrected chi connectivity index (χ1v) is 10.2. The van der Waals surface area contributed by atoms with Gasteiger partial charge in [0.25, 0.3) is 0 Å². The second-order valence-electron chi connectivity index (χ2n) is 7.40. The van der Waals surface area contributed by atoms with Gasteiger partial charge in [0.1, 0.15) is 0 Å². The number of benzene rings is 1. The summed E-state index contributed by atoms with van der Waals surface area (Å²) in [5.74, 6) is 0.696. The van der Waals surface area contributed by atoms with Crippen LogP contribution < -0.4 is 10.6 Å². The van der Waals surface area contributed by atoms with Crippen molar-refractivity contribution < 1.29 is 9.84 Å². The topological polar surface area (TPSA) is 83.7 Å². The highest BCUT2D eigenvalue weighted by Crippen LogP contribution is 2.14. The van der Waals surface area contributed by atoms with Gasteiger partial charge in [0.05, 0.1) is 31.6 Å². The number of nitrogens with zero attached hydrogens (tertiary/aromatic N) is 3. The number of aromatic nitrogens is 2. The SMILES string of the molecule is CCNC(=NCC(O)COCc1ccccc1)NC(C)Cc1c(C)nn(C)c1C. The van der Waals surface area contributed by atoms with Crippen molar-refractivity contribution in [3.8, 4) is 0 Å². The number of hydrogen-bond acceptors (Lipinski definition) is 4. The monoisotopic (exact) mass is 401 g/mol. The van der Waals surface area contributed by atoms with Crippen LogP contribution in [0, 0.1) is 13.8 Å². The summed E-state index contributed by atoms with van der Waals surface area (Å²) < 4.78 is 7.51. The Morgan fingerprint density at radius 3 is 2.62 bits per heavy atom. The van der Waals surface area contributed by atoms with Gasteiger partial charge in [-0.25, -0.2) is 0 Å². The summed E-state index contributed by atoms with van der Waals surface area (Å²) >= 11 is 0. The van der Waals surface area contributed by atoms with Gasteiger partial charge in [-0.05, 0) is 45.2 Å². The lowest BCUT2D eigenvalue weighted by atomic mass is 10.1. The maximum atomic E-state index is 10.2. The van der Waals surface area contributed by atoms with E-state index >= 15 is 0 Å². The van der Waals surface area contributed by atoms with Gasteiger partial charge in [0, 0.05) is 25.3 Å². The van der Waals surface area contributed by atoms with Gasteiger partial charge < -0.3 is 20.5 Å². The maximum Gasteiger partial charge on any atom is 0.191 e. The Morgan fingerprint density at radius 2 is 2.00 bits per heavy atom. The van der Waals surface area contributed by atoms with Crippen LogP contribution in [0.15, 0.2) is 35.3 Å². The van der Waals surface area contributed by atoms with Crippen LogP contribution >= 0.6 is 0 Å². The predicted molar refractivity (Wildman–Crippen MR) is 117 cm³/mol. The molecule has 0 fully saturated rings. The number of aryl methyl sites for hydroxylation is 2. The minimum atomic E-state index is -0.646. The lowest BCUT2D eigenvalue weighted by Gasteiger charge is -2.19. The van der Waals surface area contributed by atoms with E-state index in [0.29, 0.717) is 12.6 Å². The Balaban J connectivity index is 1.82. The summed E-state index contributed by atoms with van der Waals surface area (Å²) in [6.07, 6.45) is 0.214. The number of aliphatic imine (C=N–C) groups is 1. The number of aliphatic hydroxyl groups excluding tert-OH is 1. The van der Waals surface area contributed by atoms with Crippen LogP contribution in [0.1, 0.15) is 36.4 Å². The van der Waals surface area contributed by atoms with Gasteiger partial charge in [-0.3, -0.25) is 9.67 Å². The molecule has 0 radical (unpaired) electrons. The van der Waals surface area contributed by atoms with E-state index in [-0.39, 0.29) is 19.2 Å². The van der Waals surface area contributed by atoms with Crippen molar-refractivity contribution in [1.82, 2.24) is 20.4 Å². The summed E-state index contributed by atoms with van der Waals surface area (Å²) in [6.45, 7) is 10.1. The van der Waals surface area contributed by atoms with E-state index < -0.39 is 6.10 Å². The van der Waals surface area contributed by atoms with Crippen molar-refractivity contribution in [2.75, 3.05) is 19.7 Å². The van der Waals surface area contributed by atoms with E-state index in [0.717, 1.165) is 24.2 Å². The number of guanidine groups is 1. The molecule has 1 aromatic heterocycles. The zero-order chi connectivity index (χ0) is 21.2. The molecule has 0 spiro atoms. The molecular formula is C22H35N5O2. The summed E-state index contributed by atoms with van der Waals surface area (Å²) in [5.41, 5.74) is 4.60. The van der Waals surface area contributed by atoms with Crippen LogP contribution in [-0.4, -0.2) is 52.7 Å². The maximum absolute atomic E-state index is 10.2. The Kier molecular flexibility index (Phi) is 9.15. The normalized spacial score (nSPS) is 13.9. The van der Waals surface area contributed by atoms with Crippen LogP contribution in [0.25, 0.3) is 0 Å². The second-order valence-corrected chi connectivity index (χ2v) is 7.40.